The van der Waals surface area contributed by atoms with Gasteiger partial charge in [-0.2, -0.15) is 0 Å². The number of nitrogens with zero attached hydrogens (tertiary/aromatic N) is 1. The molecule has 0 aliphatic carbocycles. The topological polar surface area (TPSA) is 50.8 Å². The Kier molecular flexibility index (Phi) is 3.63. The Morgan fingerprint density at radius 2 is 2.35 bits per heavy atom. The predicted octanol–water partition coefficient (Wildman–Crippen LogP) is 1.18. The van der Waals surface area contributed by atoms with Crippen LogP contribution in [0.4, 0.5) is 5.69 Å². The summed E-state index contributed by atoms with van der Waals surface area (Å²) in [5, 5.41) is 3.37. The van der Waals surface area contributed by atoms with Gasteiger partial charge in [0.05, 0.1) is 19.3 Å². The molecule has 2 aliphatic heterocycles. The number of methoxy groups -OCH3 is 1. The summed E-state index contributed by atoms with van der Waals surface area (Å²) in [6.45, 7) is 2.59. The maximum Gasteiger partial charge on any atom is 0.253 e. The van der Waals surface area contributed by atoms with Crippen LogP contribution in [0.1, 0.15) is 12.8 Å². The number of morpholine rings is 1. The van der Waals surface area contributed by atoms with Gasteiger partial charge in [-0.3, -0.25) is 4.79 Å². The molecule has 5 nitrogen and oxygen atoms in total. The fraction of sp³-hybridized carbons (Fsp3) is 0.533. The molecule has 0 bridgehead atoms. The molecule has 0 saturated carbocycles. The van der Waals surface area contributed by atoms with Crippen LogP contribution >= 0.6 is 0 Å². The van der Waals surface area contributed by atoms with Gasteiger partial charge in [0, 0.05) is 18.3 Å². The lowest BCUT2D eigenvalue weighted by molar-refractivity contribution is -0.140. The molecule has 2 saturated heterocycles. The highest BCUT2D eigenvalue weighted by atomic mass is 16.5. The number of carbonyl (C=O) groups is 1. The Morgan fingerprint density at radius 1 is 1.45 bits per heavy atom. The number of amides is 1. The van der Waals surface area contributed by atoms with Crippen LogP contribution < -0.4 is 15.0 Å². The van der Waals surface area contributed by atoms with Crippen LogP contribution in [0.25, 0.3) is 0 Å². The molecule has 0 radical (unpaired) electrons. The normalized spacial score (nSPS) is 26.9. The zero-order valence-corrected chi connectivity index (χ0v) is 11.7. The lowest BCUT2D eigenvalue weighted by Gasteiger charge is -2.44. The second-order valence-corrected chi connectivity index (χ2v) is 5.43. The molecule has 1 aromatic rings. The lowest BCUT2D eigenvalue weighted by Crippen LogP contribution is -2.60. The van der Waals surface area contributed by atoms with Gasteiger partial charge in [0.25, 0.3) is 5.91 Å². The molecule has 5 heteroatoms. The minimum atomic E-state index is -0.241. The number of anilines is 1. The Labute approximate surface area is 118 Å². The quantitative estimate of drug-likeness (QED) is 0.881. The van der Waals surface area contributed by atoms with E-state index in [9.17, 15) is 4.79 Å². The highest BCUT2D eigenvalue weighted by Gasteiger charge is 2.41. The summed E-state index contributed by atoms with van der Waals surface area (Å²) in [5.41, 5.74) is 0.637. The van der Waals surface area contributed by atoms with E-state index in [1.807, 2.05) is 29.2 Å². The molecule has 2 heterocycles. The average Bonchev–Trinajstić information content (AvgIpc) is 2.51. The van der Waals surface area contributed by atoms with E-state index < -0.39 is 0 Å². The largest absolute Gasteiger partial charge is 0.497 e. The van der Waals surface area contributed by atoms with E-state index in [-0.39, 0.29) is 18.1 Å². The summed E-state index contributed by atoms with van der Waals surface area (Å²) >= 11 is 0. The molecule has 108 valence electrons. The van der Waals surface area contributed by atoms with Crippen LogP contribution in [0.5, 0.6) is 5.75 Å². The predicted molar refractivity (Wildman–Crippen MR) is 76.1 cm³/mol. The van der Waals surface area contributed by atoms with Crippen LogP contribution in [0.15, 0.2) is 24.3 Å². The van der Waals surface area contributed by atoms with E-state index in [0.29, 0.717) is 6.54 Å². The maximum atomic E-state index is 12.2. The van der Waals surface area contributed by atoms with Crippen LogP contribution in [0.3, 0.4) is 0 Å². The van der Waals surface area contributed by atoms with Crippen molar-refractivity contribution in [1.82, 2.24) is 5.32 Å². The van der Waals surface area contributed by atoms with Crippen LogP contribution in [-0.2, 0) is 9.53 Å². The maximum absolute atomic E-state index is 12.2. The van der Waals surface area contributed by atoms with Gasteiger partial charge in [0.1, 0.15) is 12.4 Å². The van der Waals surface area contributed by atoms with Gasteiger partial charge in [-0.05, 0) is 31.5 Å². The SMILES string of the molecule is COc1cccc(N2CC3(CCCNC3)OCC2=O)c1. The first-order valence-electron chi connectivity index (χ1n) is 7.02. The molecule has 1 unspecified atom stereocenters. The Morgan fingerprint density at radius 3 is 3.10 bits per heavy atom. The van der Waals surface area contributed by atoms with Gasteiger partial charge >= 0.3 is 0 Å². The van der Waals surface area contributed by atoms with Crippen molar-refractivity contribution in [2.75, 3.05) is 38.3 Å². The van der Waals surface area contributed by atoms with Gasteiger partial charge in [-0.25, -0.2) is 0 Å². The van der Waals surface area contributed by atoms with E-state index in [1.165, 1.54) is 0 Å². The standard InChI is InChI=1S/C15H20N2O3/c1-19-13-5-2-4-12(8-13)17-11-15(20-9-14(17)18)6-3-7-16-10-15/h2,4-5,8,16H,3,6-7,9-11H2,1H3. The molecule has 1 spiro atoms. The minimum absolute atomic E-state index is 0.00875. The van der Waals surface area contributed by atoms with Crippen LogP contribution in [-0.4, -0.2) is 44.9 Å². The fourth-order valence-electron chi connectivity index (χ4n) is 2.93. The minimum Gasteiger partial charge on any atom is -0.497 e. The third kappa shape index (κ3) is 2.51. The second kappa shape index (κ2) is 5.42. The van der Waals surface area contributed by atoms with E-state index in [4.69, 9.17) is 9.47 Å². The summed E-state index contributed by atoms with van der Waals surface area (Å²) in [6, 6.07) is 7.62. The highest BCUT2D eigenvalue weighted by Crippen LogP contribution is 2.30. The molecule has 3 rings (SSSR count). The zero-order chi connectivity index (χ0) is 14.0. The first kappa shape index (κ1) is 13.4. The first-order valence-corrected chi connectivity index (χ1v) is 7.02. The summed E-state index contributed by atoms with van der Waals surface area (Å²) in [5.74, 6) is 0.770. The Hall–Kier alpha value is -1.59. The smallest absolute Gasteiger partial charge is 0.253 e. The van der Waals surface area contributed by atoms with Gasteiger partial charge in [0.2, 0.25) is 0 Å². The van der Waals surface area contributed by atoms with Crippen molar-refractivity contribution in [3.8, 4) is 5.75 Å². The molecular weight excluding hydrogens is 256 g/mol. The van der Waals surface area contributed by atoms with Gasteiger partial charge < -0.3 is 19.7 Å². The van der Waals surface area contributed by atoms with Gasteiger partial charge in [-0.1, -0.05) is 6.07 Å². The number of nitrogens with one attached hydrogen (secondary N) is 1. The molecule has 2 fully saturated rings. The molecule has 20 heavy (non-hydrogen) atoms. The molecule has 1 atom stereocenters. The number of benzene rings is 1. The number of ether oxygens (including phenoxy) is 2. The summed E-state index contributed by atoms with van der Waals surface area (Å²) in [7, 11) is 1.63. The number of carbonyl (C=O) groups excluding carboxylic acids is 1. The summed E-state index contributed by atoms with van der Waals surface area (Å²) in [6.07, 6.45) is 2.08. The molecule has 1 amide bonds. The number of rotatable bonds is 2. The second-order valence-electron chi connectivity index (χ2n) is 5.43. The summed E-state index contributed by atoms with van der Waals surface area (Å²) in [4.78, 5) is 14.0. The molecule has 0 aromatic heterocycles. The average molecular weight is 276 g/mol. The van der Waals surface area contributed by atoms with E-state index in [2.05, 4.69) is 5.32 Å². The van der Waals surface area contributed by atoms with Crippen LogP contribution in [0, 0.1) is 0 Å². The molecule has 2 aliphatic rings. The number of hydrogen-bond donors (Lipinski definition) is 1. The van der Waals surface area contributed by atoms with Crippen molar-refractivity contribution in [2.45, 2.75) is 18.4 Å². The molecular formula is C15H20N2O3. The first-order chi connectivity index (χ1) is 9.72. The van der Waals surface area contributed by atoms with Crippen LogP contribution in [0.2, 0.25) is 0 Å². The number of hydrogen-bond acceptors (Lipinski definition) is 4. The monoisotopic (exact) mass is 276 g/mol. The fourth-order valence-corrected chi connectivity index (χ4v) is 2.93. The zero-order valence-electron chi connectivity index (χ0n) is 11.7. The third-order valence-electron chi connectivity index (χ3n) is 4.05. The van der Waals surface area contributed by atoms with Gasteiger partial charge in [0.15, 0.2) is 0 Å². The number of piperidine rings is 1. The van der Waals surface area contributed by atoms with Crippen molar-refractivity contribution in [2.24, 2.45) is 0 Å². The van der Waals surface area contributed by atoms with Crippen molar-refractivity contribution in [3.63, 3.8) is 0 Å². The summed E-state index contributed by atoms with van der Waals surface area (Å²) < 4.78 is 11.1. The molecule has 1 N–H and O–H groups in total. The highest BCUT2D eigenvalue weighted by molar-refractivity contribution is 5.95. The third-order valence-corrected chi connectivity index (χ3v) is 4.05. The van der Waals surface area contributed by atoms with Crippen molar-refractivity contribution >= 4 is 11.6 Å². The Balaban J connectivity index is 1.84. The van der Waals surface area contributed by atoms with Gasteiger partial charge in [-0.15, -0.1) is 0 Å². The van der Waals surface area contributed by atoms with E-state index in [1.54, 1.807) is 7.11 Å². The van der Waals surface area contributed by atoms with E-state index >= 15 is 0 Å². The van der Waals surface area contributed by atoms with Crippen molar-refractivity contribution in [1.29, 1.82) is 0 Å². The van der Waals surface area contributed by atoms with Crippen molar-refractivity contribution in [3.05, 3.63) is 24.3 Å². The lowest BCUT2D eigenvalue weighted by atomic mass is 9.91. The Bertz CT molecular complexity index is 498. The molecule has 1 aromatic carbocycles. The van der Waals surface area contributed by atoms with Crippen molar-refractivity contribution < 1.29 is 14.3 Å². The van der Waals surface area contributed by atoms with E-state index in [0.717, 1.165) is 37.4 Å².